The fourth-order valence-electron chi connectivity index (χ4n) is 3.23. The zero-order valence-corrected chi connectivity index (χ0v) is 11.4. The third-order valence-corrected chi connectivity index (χ3v) is 3.55. The molecular weight excluding hydrogens is 202 g/mol. The van der Waals surface area contributed by atoms with Gasteiger partial charge in [0.15, 0.2) is 0 Å². The zero-order chi connectivity index (χ0) is 12.6. The lowest BCUT2D eigenvalue weighted by molar-refractivity contribution is -0.150. The molecule has 0 radical (unpaired) electrons. The molecule has 1 aliphatic rings. The van der Waals surface area contributed by atoms with Crippen molar-refractivity contribution in [3.05, 3.63) is 0 Å². The van der Waals surface area contributed by atoms with Crippen molar-refractivity contribution in [1.82, 2.24) is 5.32 Å². The Bertz CT molecular complexity index is 273. The molecule has 0 aromatic carbocycles. The third-order valence-electron chi connectivity index (χ3n) is 3.55. The Hall–Kier alpha value is -0.570. The summed E-state index contributed by atoms with van der Waals surface area (Å²) < 4.78 is 5.00. The molecule has 1 aliphatic carbocycles. The van der Waals surface area contributed by atoms with Crippen molar-refractivity contribution in [1.29, 1.82) is 0 Å². The van der Waals surface area contributed by atoms with Gasteiger partial charge < -0.3 is 4.74 Å². The summed E-state index contributed by atoms with van der Waals surface area (Å²) in [5.74, 6) is 0.205. The molecule has 0 heterocycles. The molecular formula is C13H25NO2. The minimum Gasteiger partial charge on any atom is -0.468 e. The molecule has 3 nitrogen and oxygen atoms in total. The van der Waals surface area contributed by atoms with Crippen LogP contribution in [0.1, 0.15) is 47.5 Å². The van der Waals surface area contributed by atoms with E-state index in [0.717, 1.165) is 12.8 Å². The van der Waals surface area contributed by atoms with E-state index in [1.165, 1.54) is 7.11 Å². The quantitative estimate of drug-likeness (QED) is 0.752. The van der Waals surface area contributed by atoms with Gasteiger partial charge in [-0.2, -0.15) is 0 Å². The molecule has 0 spiro atoms. The van der Waals surface area contributed by atoms with Gasteiger partial charge in [-0.05, 0) is 38.0 Å². The van der Waals surface area contributed by atoms with Gasteiger partial charge in [-0.1, -0.05) is 20.8 Å². The predicted octanol–water partition coefficient (Wildman–Crippen LogP) is 2.35. The highest BCUT2D eigenvalue weighted by Crippen LogP contribution is 2.48. The van der Waals surface area contributed by atoms with Crippen LogP contribution in [0.3, 0.4) is 0 Å². The van der Waals surface area contributed by atoms with Crippen LogP contribution in [0.25, 0.3) is 0 Å². The largest absolute Gasteiger partial charge is 0.468 e. The first-order chi connectivity index (χ1) is 7.23. The fourth-order valence-corrected chi connectivity index (χ4v) is 3.23. The average molecular weight is 227 g/mol. The van der Waals surface area contributed by atoms with Crippen LogP contribution in [0, 0.1) is 11.3 Å². The number of rotatable bonds is 3. The van der Waals surface area contributed by atoms with Crippen LogP contribution in [-0.4, -0.2) is 24.7 Å². The highest BCUT2D eigenvalue weighted by atomic mass is 16.5. The molecule has 1 N–H and O–H groups in total. The molecule has 0 amide bonds. The number of hydrogen-bond acceptors (Lipinski definition) is 3. The predicted molar refractivity (Wildman–Crippen MR) is 65.2 cm³/mol. The normalized spacial score (nSPS) is 33.1. The molecule has 2 atom stereocenters. The summed E-state index contributed by atoms with van der Waals surface area (Å²) in [6.07, 6.45) is 1.91. The van der Waals surface area contributed by atoms with Gasteiger partial charge in [-0.3, -0.25) is 10.1 Å². The lowest BCUT2D eigenvalue weighted by Crippen LogP contribution is -2.57. The van der Waals surface area contributed by atoms with Crippen molar-refractivity contribution in [2.24, 2.45) is 11.3 Å². The maximum absolute atomic E-state index is 12.1. The summed E-state index contributed by atoms with van der Waals surface area (Å²) >= 11 is 0. The van der Waals surface area contributed by atoms with E-state index in [4.69, 9.17) is 4.74 Å². The van der Waals surface area contributed by atoms with Gasteiger partial charge in [-0.25, -0.2) is 0 Å². The van der Waals surface area contributed by atoms with Crippen molar-refractivity contribution in [3.8, 4) is 0 Å². The Morgan fingerprint density at radius 1 is 1.44 bits per heavy atom. The summed E-state index contributed by atoms with van der Waals surface area (Å²) in [6.45, 7) is 10.7. The number of carbonyl (C=O) groups is 1. The smallest absolute Gasteiger partial charge is 0.326 e. The maximum atomic E-state index is 12.1. The summed E-state index contributed by atoms with van der Waals surface area (Å²) in [6, 6.07) is 0.287. The second kappa shape index (κ2) is 4.36. The van der Waals surface area contributed by atoms with E-state index in [9.17, 15) is 4.79 Å². The lowest BCUT2D eigenvalue weighted by atomic mass is 9.85. The van der Waals surface area contributed by atoms with Crippen molar-refractivity contribution in [3.63, 3.8) is 0 Å². The SMILES string of the molecule is COC(=O)C1(NC(C)C)CC(C)(C)CC1C. The van der Waals surface area contributed by atoms with E-state index in [2.05, 4.69) is 39.9 Å². The second-order valence-corrected chi connectivity index (χ2v) is 6.21. The fraction of sp³-hybridized carbons (Fsp3) is 0.923. The van der Waals surface area contributed by atoms with Crippen molar-refractivity contribution < 1.29 is 9.53 Å². The molecule has 1 rings (SSSR count). The van der Waals surface area contributed by atoms with Gasteiger partial charge in [-0.15, -0.1) is 0 Å². The Kier molecular flexibility index (Phi) is 3.68. The maximum Gasteiger partial charge on any atom is 0.326 e. The Balaban J connectivity index is 3.01. The monoisotopic (exact) mass is 227 g/mol. The summed E-state index contributed by atoms with van der Waals surface area (Å²) in [4.78, 5) is 12.1. The summed E-state index contributed by atoms with van der Waals surface area (Å²) in [7, 11) is 1.48. The molecule has 1 fully saturated rings. The number of methoxy groups -OCH3 is 1. The Labute approximate surface area is 98.9 Å². The molecule has 3 heteroatoms. The molecule has 94 valence electrons. The Morgan fingerprint density at radius 2 is 2.00 bits per heavy atom. The van der Waals surface area contributed by atoms with Crippen LogP contribution >= 0.6 is 0 Å². The van der Waals surface area contributed by atoms with E-state index in [1.807, 2.05) is 0 Å². The lowest BCUT2D eigenvalue weighted by Gasteiger charge is -2.34. The highest BCUT2D eigenvalue weighted by molar-refractivity contribution is 5.82. The standard InChI is InChI=1S/C13H25NO2/c1-9(2)14-13(11(15)16-6)8-12(4,5)7-10(13)3/h9-10,14H,7-8H2,1-6H3. The number of ether oxygens (including phenoxy) is 1. The van der Waals surface area contributed by atoms with E-state index < -0.39 is 5.54 Å². The van der Waals surface area contributed by atoms with Crippen LogP contribution in [-0.2, 0) is 9.53 Å². The molecule has 2 unspecified atom stereocenters. The minimum absolute atomic E-state index is 0.112. The van der Waals surface area contributed by atoms with Crippen LogP contribution in [0.5, 0.6) is 0 Å². The van der Waals surface area contributed by atoms with Gasteiger partial charge in [0.2, 0.25) is 0 Å². The van der Waals surface area contributed by atoms with E-state index in [1.54, 1.807) is 0 Å². The van der Waals surface area contributed by atoms with E-state index in [0.29, 0.717) is 5.92 Å². The van der Waals surface area contributed by atoms with Gasteiger partial charge >= 0.3 is 5.97 Å². The first-order valence-electron chi connectivity index (χ1n) is 6.09. The summed E-state index contributed by atoms with van der Waals surface area (Å²) in [5.41, 5.74) is -0.290. The first-order valence-corrected chi connectivity index (χ1v) is 6.09. The number of carbonyl (C=O) groups excluding carboxylic acids is 1. The van der Waals surface area contributed by atoms with E-state index >= 15 is 0 Å². The number of esters is 1. The van der Waals surface area contributed by atoms with E-state index in [-0.39, 0.29) is 17.4 Å². The van der Waals surface area contributed by atoms with Crippen molar-refractivity contribution in [2.75, 3.05) is 7.11 Å². The Morgan fingerprint density at radius 3 is 2.31 bits per heavy atom. The minimum atomic E-state index is -0.494. The third kappa shape index (κ3) is 2.40. The van der Waals surface area contributed by atoms with Crippen molar-refractivity contribution in [2.45, 2.75) is 59.0 Å². The highest BCUT2D eigenvalue weighted by Gasteiger charge is 2.54. The zero-order valence-electron chi connectivity index (χ0n) is 11.4. The van der Waals surface area contributed by atoms with Gasteiger partial charge in [0.25, 0.3) is 0 Å². The van der Waals surface area contributed by atoms with Gasteiger partial charge in [0.1, 0.15) is 5.54 Å². The molecule has 1 saturated carbocycles. The van der Waals surface area contributed by atoms with Crippen LogP contribution in [0.15, 0.2) is 0 Å². The van der Waals surface area contributed by atoms with Crippen LogP contribution < -0.4 is 5.32 Å². The van der Waals surface area contributed by atoms with Gasteiger partial charge in [0, 0.05) is 6.04 Å². The van der Waals surface area contributed by atoms with Gasteiger partial charge in [0.05, 0.1) is 7.11 Å². The molecule has 16 heavy (non-hydrogen) atoms. The summed E-state index contributed by atoms with van der Waals surface area (Å²) in [5, 5.41) is 3.44. The number of hydrogen-bond donors (Lipinski definition) is 1. The van der Waals surface area contributed by atoms with Crippen molar-refractivity contribution >= 4 is 5.97 Å². The second-order valence-electron chi connectivity index (χ2n) is 6.21. The van der Waals surface area contributed by atoms with Crippen LogP contribution in [0.4, 0.5) is 0 Å². The molecule has 0 bridgehead atoms. The average Bonchev–Trinajstić information content (AvgIpc) is 2.34. The molecule has 0 saturated heterocycles. The topological polar surface area (TPSA) is 38.3 Å². The molecule has 0 aliphatic heterocycles. The molecule has 0 aromatic heterocycles. The molecule has 0 aromatic rings. The first kappa shape index (κ1) is 13.5. The van der Waals surface area contributed by atoms with Crippen LogP contribution in [0.2, 0.25) is 0 Å². The number of nitrogens with one attached hydrogen (secondary N) is 1.